The maximum atomic E-state index is 6.05. The van der Waals surface area contributed by atoms with Crippen LogP contribution in [0.25, 0.3) is 10.6 Å². The molecular weight excluding hydrogens is 251 g/mol. The molecule has 0 aliphatic heterocycles. The van der Waals surface area contributed by atoms with Crippen molar-refractivity contribution in [1.82, 2.24) is 4.98 Å². The lowest BCUT2D eigenvalue weighted by Crippen LogP contribution is -1.93. The normalized spacial score (nSPS) is 10.6. The van der Waals surface area contributed by atoms with Gasteiger partial charge in [0.25, 0.3) is 0 Å². The molecule has 5 heteroatoms. The third-order valence-corrected chi connectivity index (χ3v) is 3.53. The molecule has 2 N–H and O–H groups in total. The van der Waals surface area contributed by atoms with Gasteiger partial charge in [-0.1, -0.05) is 23.2 Å². The van der Waals surface area contributed by atoms with Crippen molar-refractivity contribution in [3.8, 4) is 10.6 Å². The smallest absolute Gasteiger partial charge is 0.143 e. The summed E-state index contributed by atoms with van der Waals surface area (Å²) < 4.78 is 0. The predicted molar refractivity (Wildman–Crippen MR) is 66.7 cm³/mol. The first-order valence-corrected chi connectivity index (χ1v) is 5.83. The second-order valence-corrected chi connectivity index (χ2v) is 5.20. The van der Waals surface area contributed by atoms with Gasteiger partial charge in [-0.15, -0.1) is 11.3 Å². The Morgan fingerprint density at radius 3 is 2.60 bits per heavy atom. The zero-order chi connectivity index (χ0) is 11.0. The van der Waals surface area contributed by atoms with Crippen LogP contribution >= 0.6 is 34.5 Å². The monoisotopic (exact) mass is 258 g/mol. The number of nitrogens with two attached hydrogens (primary N) is 1. The Hall–Kier alpha value is -0.770. The van der Waals surface area contributed by atoms with Crippen LogP contribution in [-0.2, 0) is 0 Å². The molecule has 2 aromatic rings. The van der Waals surface area contributed by atoms with Crippen LogP contribution in [0.1, 0.15) is 4.88 Å². The molecule has 0 radical (unpaired) electrons. The molecular formula is C10H8Cl2N2S. The van der Waals surface area contributed by atoms with Crippen molar-refractivity contribution < 1.29 is 0 Å². The van der Waals surface area contributed by atoms with Gasteiger partial charge >= 0.3 is 0 Å². The van der Waals surface area contributed by atoms with Crippen LogP contribution in [0, 0.1) is 6.92 Å². The lowest BCUT2D eigenvalue weighted by atomic mass is 10.3. The van der Waals surface area contributed by atoms with E-state index in [4.69, 9.17) is 28.9 Å². The average Bonchev–Trinajstić information content (AvgIpc) is 2.58. The van der Waals surface area contributed by atoms with Gasteiger partial charge in [0, 0.05) is 4.88 Å². The molecule has 15 heavy (non-hydrogen) atoms. The van der Waals surface area contributed by atoms with Crippen LogP contribution in [-0.4, -0.2) is 4.98 Å². The second-order valence-electron chi connectivity index (χ2n) is 3.10. The standard InChI is InChI=1S/C10H8Cl2N2S/c1-5-2-3-8(15-5)9-6(11)4-7(12)10(13)14-9/h2-4H,1H3,(H2,13,14). The number of halogens is 2. The number of hydrogen-bond donors (Lipinski definition) is 1. The van der Waals surface area contributed by atoms with Gasteiger partial charge < -0.3 is 5.73 Å². The molecule has 0 aliphatic carbocycles. The van der Waals surface area contributed by atoms with Crippen LogP contribution in [0.2, 0.25) is 10.0 Å². The van der Waals surface area contributed by atoms with Crippen LogP contribution in [0.5, 0.6) is 0 Å². The molecule has 0 bridgehead atoms. The van der Waals surface area contributed by atoms with E-state index < -0.39 is 0 Å². The van der Waals surface area contributed by atoms with E-state index in [-0.39, 0.29) is 0 Å². The summed E-state index contributed by atoms with van der Waals surface area (Å²) in [5.41, 5.74) is 6.33. The second kappa shape index (κ2) is 4.00. The van der Waals surface area contributed by atoms with Crippen molar-refractivity contribution in [2.24, 2.45) is 0 Å². The lowest BCUT2D eigenvalue weighted by molar-refractivity contribution is 1.35. The number of rotatable bonds is 1. The number of aromatic nitrogens is 1. The Morgan fingerprint density at radius 1 is 1.27 bits per heavy atom. The zero-order valence-electron chi connectivity index (χ0n) is 7.92. The van der Waals surface area contributed by atoms with E-state index in [0.29, 0.717) is 21.6 Å². The minimum absolute atomic E-state index is 0.308. The van der Waals surface area contributed by atoms with Gasteiger partial charge in [-0.05, 0) is 25.1 Å². The number of pyridine rings is 1. The van der Waals surface area contributed by atoms with Gasteiger partial charge in [0.1, 0.15) is 11.5 Å². The molecule has 2 aromatic heterocycles. The third-order valence-electron chi connectivity index (χ3n) is 1.93. The van der Waals surface area contributed by atoms with Gasteiger partial charge in [-0.2, -0.15) is 0 Å². The highest BCUT2D eigenvalue weighted by Gasteiger charge is 2.10. The quantitative estimate of drug-likeness (QED) is 0.840. The molecule has 0 unspecified atom stereocenters. The topological polar surface area (TPSA) is 38.9 Å². The molecule has 0 amide bonds. The fourth-order valence-electron chi connectivity index (χ4n) is 1.22. The van der Waals surface area contributed by atoms with Gasteiger partial charge in [0.2, 0.25) is 0 Å². The van der Waals surface area contributed by atoms with Gasteiger partial charge in [0.15, 0.2) is 0 Å². The van der Waals surface area contributed by atoms with Crippen molar-refractivity contribution in [1.29, 1.82) is 0 Å². The van der Waals surface area contributed by atoms with Crippen molar-refractivity contribution in [3.63, 3.8) is 0 Å². The number of anilines is 1. The highest BCUT2D eigenvalue weighted by atomic mass is 35.5. The molecule has 2 rings (SSSR count). The highest BCUT2D eigenvalue weighted by Crippen LogP contribution is 2.34. The van der Waals surface area contributed by atoms with Gasteiger partial charge in [-0.25, -0.2) is 4.98 Å². The molecule has 0 spiro atoms. The first-order valence-electron chi connectivity index (χ1n) is 4.26. The van der Waals surface area contributed by atoms with Crippen molar-refractivity contribution in [2.45, 2.75) is 6.92 Å². The van der Waals surface area contributed by atoms with Crippen molar-refractivity contribution in [3.05, 3.63) is 33.1 Å². The van der Waals surface area contributed by atoms with E-state index in [1.54, 1.807) is 17.4 Å². The summed E-state index contributed by atoms with van der Waals surface area (Å²) in [4.78, 5) is 6.39. The SMILES string of the molecule is Cc1ccc(-c2nc(N)c(Cl)cc2Cl)s1. The Labute approximate surface area is 102 Å². The Bertz CT molecular complexity index is 508. The summed E-state index contributed by atoms with van der Waals surface area (Å²) in [5, 5.41) is 0.910. The largest absolute Gasteiger partial charge is 0.382 e. The number of thiophene rings is 1. The van der Waals surface area contributed by atoms with E-state index in [1.807, 2.05) is 19.1 Å². The molecule has 0 aliphatic rings. The fourth-order valence-corrected chi connectivity index (χ4v) is 2.60. The fraction of sp³-hybridized carbons (Fsp3) is 0.100. The van der Waals surface area contributed by atoms with Crippen LogP contribution in [0.15, 0.2) is 18.2 Å². The van der Waals surface area contributed by atoms with Crippen LogP contribution in [0.4, 0.5) is 5.82 Å². The minimum atomic E-state index is 0.308. The first kappa shape index (κ1) is 10.7. The number of nitrogens with zero attached hydrogens (tertiary/aromatic N) is 1. The van der Waals surface area contributed by atoms with E-state index >= 15 is 0 Å². The summed E-state index contributed by atoms with van der Waals surface area (Å²) in [6, 6.07) is 5.61. The van der Waals surface area contributed by atoms with E-state index in [0.717, 1.165) is 4.88 Å². The summed E-state index contributed by atoms with van der Waals surface area (Å²) in [7, 11) is 0. The van der Waals surface area contributed by atoms with Crippen LogP contribution < -0.4 is 5.73 Å². The van der Waals surface area contributed by atoms with E-state index in [1.165, 1.54) is 4.88 Å². The summed E-state index contributed by atoms with van der Waals surface area (Å²) >= 11 is 13.5. The van der Waals surface area contributed by atoms with Crippen molar-refractivity contribution in [2.75, 3.05) is 5.73 Å². The molecule has 0 aromatic carbocycles. The molecule has 0 atom stereocenters. The van der Waals surface area contributed by atoms with Gasteiger partial charge in [0.05, 0.1) is 14.9 Å². The summed E-state index contributed by atoms with van der Waals surface area (Å²) in [5.74, 6) is 0.308. The predicted octanol–water partition coefficient (Wildman–Crippen LogP) is 4.01. The maximum absolute atomic E-state index is 6.05. The maximum Gasteiger partial charge on any atom is 0.143 e. The molecule has 0 saturated carbocycles. The highest BCUT2D eigenvalue weighted by molar-refractivity contribution is 7.15. The average molecular weight is 259 g/mol. The minimum Gasteiger partial charge on any atom is -0.382 e. The number of aryl methyl sites for hydroxylation is 1. The molecule has 0 saturated heterocycles. The zero-order valence-corrected chi connectivity index (χ0v) is 10.2. The first-order chi connectivity index (χ1) is 7.08. The number of nitrogen functional groups attached to an aromatic ring is 1. The number of hydrogen-bond acceptors (Lipinski definition) is 3. The Balaban J connectivity index is 2.58. The summed E-state index contributed by atoms with van der Waals surface area (Å²) in [6.07, 6.45) is 0. The van der Waals surface area contributed by atoms with Crippen molar-refractivity contribution >= 4 is 40.4 Å². The Morgan fingerprint density at radius 2 is 2.00 bits per heavy atom. The molecule has 2 heterocycles. The van der Waals surface area contributed by atoms with Crippen LogP contribution in [0.3, 0.4) is 0 Å². The van der Waals surface area contributed by atoms with E-state index in [9.17, 15) is 0 Å². The lowest BCUT2D eigenvalue weighted by Gasteiger charge is -2.03. The molecule has 2 nitrogen and oxygen atoms in total. The van der Waals surface area contributed by atoms with Gasteiger partial charge in [-0.3, -0.25) is 0 Å². The third kappa shape index (κ3) is 2.09. The molecule has 78 valence electrons. The van der Waals surface area contributed by atoms with E-state index in [2.05, 4.69) is 4.98 Å². The summed E-state index contributed by atoms with van der Waals surface area (Å²) in [6.45, 7) is 2.03. The molecule has 0 fully saturated rings. The Kier molecular flexibility index (Phi) is 2.87.